The predicted molar refractivity (Wildman–Crippen MR) is 46.5 cm³/mol. The maximum atomic E-state index is 10.3. The lowest BCUT2D eigenvalue weighted by atomic mass is 10.2. The van der Waals surface area contributed by atoms with Gasteiger partial charge in [-0.1, -0.05) is 12.1 Å². The number of rotatable bonds is 1. The van der Waals surface area contributed by atoms with Gasteiger partial charge in [0.05, 0.1) is 0 Å². The molecule has 1 aromatic rings. The van der Waals surface area contributed by atoms with Crippen molar-refractivity contribution in [1.82, 2.24) is 0 Å². The Labute approximate surface area is 74.6 Å². The van der Waals surface area contributed by atoms with Crippen LogP contribution in [0.4, 0.5) is 0 Å². The van der Waals surface area contributed by atoms with Crippen molar-refractivity contribution in [3.63, 3.8) is 0 Å². The van der Waals surface area contributed by atoms with E-state index >= 15 is 0 Å². The SMILES string of the molecule is C=[NH+][O-].O=C(O)c1ccccc1O. The second-order valence-corrected chi connectivity index (χ2v) is 1.97. The Morgan fingerprint density at radius 1 is 1.46 bits per heavy atom. The van der Waals surface area contributed by atoms with Gasteiger partial charge in [0, 0.05) is 0 Å². The van der Waals surface area contributed by atoms with E-state index in [9.17, 15) is 4.79 Å². The Morgan fingerprint density at radius 3 is 2.23 bits per heavy atom. The van der Waals surface area contributed by atoms with Gasteiger partial charge in [0.2, 0.25) is 0 Å². The number of carbonyl (C=O) groups is 1. The van der Waals surface area contributed by atoms with Crippen molar-refractivity contribution in [3.8, 4) is 5.75 Å². The maximum Gasteiger partial charge on any atom is 0.339 e. The third-order valence-electron chi connectivity index (χ3n) is 1.13. The molecule has 0 saturated heterocycles. The normalized spacial score (nSPS) is 8.00. The average molecular weight is 183 g/mol. The summed E-state index contributed by atoms with van der Waals surface area (Å²) in [6, 6.07) is 5.81. The number of carboxylic acid groups (broad SMARTS) is 1. The number of nitrogens with one attached hydrogen (secondary N) is 1. The standard InChI is InChI=1S/C7H6O3.CH3NO/c8-6-4-2-1-3-5(6)7(9)10;1-2-3/h1-4,8H,(H,9,10);2H,1H2. The minimum atomic E-state index is -1.11. The summed E-state index contributed by atoms with van der Waals surface area (Å²) >= 11 is 0. The van der Waals surface area contributed by atoms with Gasteiger partial charge in [0.25, 0.3) is 0 Å². The third-order valence-corrected chi connectivity index (χ3v) is 1.13. The molecule has 0 aromatic heterocycles. The van der Waals surface area contributed by atoms with Crippen molar-refractivity contribution < 1.29 is 20.2 Å². The molecule has 0 heterocycles. The zero-order chi connectivity index (χ0) is 10.3. The second kappa shape index (κ2) is 5.59. The molecule has 0 radical (unpaired) electrons. The fourth-order valence-corrected chi connectivity index (χ4v) is 0.654. The molecule has 13 heavy (non-hydrogen) atoms. The van der Waals surface area contributed by atoms with Crippen molar-refractivity contribution in [2.75, 3.05) is 0 Å². The summed E-state index contributed by atoms with van der Waals surface area (Å²) in [5.41, 5.74) is -0.0671. The number of aromatic carboxylic acids is 1. The molecular weight excluding hydrogens is 174 g/mol. The Hall–Kier alpha value is -2.04. The molecule has 3 N–H and O–H groups in total. The summed E-state index contributed by atoms with van der Waals surface area (Å²) in [6.07, 6.45) is 0. The first-order valence-electron chi connectivity index (χ1n) is 3.29. The second-order valence-electron chi connectivity index (χ2n) is 1.97. The summed E-state index contributed by atoms with van der Waals surface area (Å²) in [6.45, 7) is 2.68. The molecule has 0 aliphatic heterocycles. The number of aromatic hydroxyl groups is 1. The third kappa shape index (κ3) is 3.76. The Balaban J connectivity index is 0.000000424. The maximum absolute atomic E-state index is 10.3. The van der Waals surface area contributed by atoms with E-state index in [-0.39, 0.29) is 11.3 Å². The Bertz CT molecular complexity index is 298. The van der Waals surface area contributed by atoms with E-state index < -0.39 is 5.97 Å². The fraction of sp³-hybridized carbons (Fsp3) is 0. The molecule has 0 spiro atoms. The fourth-order valence-electron chi connectivity index (χ4n) is 0.654. The summed E-state index contributed by atoms with van der Waals surface area (Å²) in [4.78, 5) is 10.3. The molecule has 70 valence electrons. The van der Waals surface area contributed by atoms with Crippen LogP contribution in [0.5, 0.6) is 5.75 Å². The summed E-state index contributed by atoms with van der Waals surface area (Å²) in [5, 5.41) is 27.1. The van der Waals surface area contributed by atoms with E-state index in [0.29, 0.717) is 0 Å². The van der Waals surface area contributed by atoms with Gasteiger partial charge in [0.1, 0.15) is 18.0 Å². The van der Waals surface area contributed by atoms with Gasteiger partial charge < -0.3 is 15.4 Å². The van der Waals surface area contributed by atoms with Gasteiger partial charge in [-0.25, -0.2) is 9.95 Å². The number of benzene rings is 1. The van der Waals surface area contributed by atoms with Crippen molar-refractivity contribution in [2.45, 2.75) is 0 Å². The smallest absolute Gasteiger partial charge is 0.339 e. The number of hydrogen-bond acceptors (Lipinski definition) is 3. The lowest BCUT2D eigenvalue weighted by Crippen LogP contribution is -2.56. The van der Waals surface area contributed by atoms with Gasteiger partial charge in [-0.05, 0) is 12.1 Å². The van der Waals surface area contributed by atoms with E-state index in [1.807, 2.05) is 0 Å². The summed E-state index contributed by atoms with van der Waals surface area (Å²) in [5.74, 6) is -1.31. The average Bonchev–Trinajstić information content (AvgIpc) is 2.06. The van der Waals surface area contributed by atoms with Crippen LogP contribution in [0.15, 0.2) is 24.3 Å². The molecule has 0 unspecified atom stereocenters. The van der Waals surface area contributed by atoms with Crippen LogP contribution in [-0.4, -0.2) is 22.9 Å². The largest absolute Gasteiger partial charge is 0.626 e. The van der Waals surface area contributed by atoms with Crippen molar-refractivity contribution in [1.29, 1.82) is 0 Å². The molecule has 0 aliphatic carbocycles. The van der Waals surface area contributed by atoms with E-state index in [4.69, 9.17) is 15.4 Å². The van der Waals surface area contributed by atoms with Crippen LogP contribution < -0.4 is 5.16 Å². The first-order chi connectivity index (χ1) is 6.13. The number of carboxylic acids is 1. The predicted octanol–water partition coefficient (Wildman–Crippen LogP) is -0.644. The van der Waals surface area contributed by atoms with E-state index in [2.05, 4.69) is 6.72 Å². The highest BCUT2D eigenvalue weighted by atomic mass is 16.4. The molecule has 0 fully saturated rings. The molecule has 0 aliphatic rings. The molecule has 5 nitrogen and oxygen atoms in total. The Kier molecular flexibility index (Phi) is 4.71. The van der Waals surface area contributed by atoms with Crippen LogP contribution in [0.25, 0.3) is 0 Å². The lowest BCUT2D eigenvalue weighted by Gasteiger charge is -1.95. The summed E-state index contributed by atoms with van der Waals surface area (Å²) < 4.78 is 0. The highest BCUT2D eigenvalue weighted by Crippen LogP contribution is 2.14. The van der Waals surface area contributed by atoms with E-state index in [0.717, 1.165) is 0 Å². The molecule has 0 bridgehead atoms. The van der Waals surface area contributed by atoms with Crippen LogP contribution in [0.1, 0.15) is 10.4 Å². The molecular formula is C8H9NO4. The molecule has 1 rings (SSSR count). The van der Waals surface area contributed by atoms with Crippen LogP contribution >= 0.6 is 0 Å². The van der Waals surface area contributed by atoms with Gasteiger partial charge in [0.15, 0.2) is 0 Å². The molecule has 1 aromatic carbocycles. The van der Waals surface area contributed by atoms with Crippen LogP contribution in [0, 0.1) is 5.21 Å². The first kappa shape index (κ1) is 11.0. The molecule has 0 amide bonds. The van der Waals surface area contributed by atoms with Gasteiger partial charge in [-0.2, -0.15) is 0 Å². The Morgan fingerprint density at radius 2 is 1.92 bits per heavy atom. The topological polar surface area (TPSA) is 94.6 Å². The van der Waals surface area contributed by atoms with E-state index in [1.165, 1.54) is 17.3 Å². The lowest BCUT2D eigenvalue weighted by molar-refractivity contribution is -0.361. The number of phenols is 1. The highest BCUT2D eigenvalue weighted by molar-refractivity contribution is 5.90. The molecule has 0 saturated carbocycles. The molecule has 0 atom stereocenters. The highest BCUT2D eigenvalue weighted by Gasteiger charge is 2.05. The molecule has 5 heteroatoms. The number of para-hydroxylation sites is 1. The van der Waals surface area contributed by atoms with E-state index in [1.54, 1.807) is 12.1 Å². The van der Waals surface area contributed by atoms with Crippen LogP contribution in [0.3, 0.4) is 0 Å². The van der Waals surface area contributed by atoms with Gasteiger partial charge in [-0.3, -0.25) is 0 Å². The monoisotopic (exact) mass is 183 g/mol. The van der Waals surface area contributed by atoms with Crippen molar-refractivity contribution >= 4 is 12.7 Å². The van der Waals surface area contributed by atoms with Crippen LogP contribution in [0.2, 0.25) is 0 Å². The summed E-state index contributed by atoms with van der Waals surface area (Å²) in [7, 11) is 0. The minimum Gasteiger partial charge on any atom is -0.626 e. The van der Waals surface area contributed by atoms with Gasteiger partial charge >= 0.3 is 5.97 Å². The number of hydrogen-bond donors (Lipinski definition) is 3. The zero-order valence-corrected chi connectivity index (χ0v) is 6.73. The van der Waals surface area contributed by atoms with Crippen LogP contribution in [-0.2, 0) is 0 Å². The van der Waals surface area contributed by atoms with Crippen molar-refractivity contribution in [2.24, 2.45) is 0 Å². The van der Waals surface area contributed by atoms with Crippen molar-refractivity contribution in [3.05, 3.63) is 35.0 Å². The van der Waals surface area contributed by atoms with Gasteiger partial charge in [-0.15, -0.1) is 0 Å². The quantitative estimate of drug-likeness (QED) is 0.306. The first-order valence-corrected chi connectivity index (χ1v) is 3.29. The zero-order valence-electron chi connectivity index (χ0n) is 6.73. The minimum absolute atomic E-state index is 0.0671.